The monoisotopic (exact) mass is 513 g/mol. The highest BCUT2D eigenvalue weighted by Gasteiger charge is 2.35. The molecular weight excluding hydrogens is 483 g/mol. The van der Waals surface area contributed by atoms with Crippen molar-refractivity contribution in [3.63, 3.8) is 0 Å². The molecule has 0 radical (unpaired) electrons. The summed E-state index contributed by atoms with van der Waals surface area (Å²) in [5.41, 5.74) is 4.75. The number of anilines is 1. The lowest BCUT2D eigenvalue weighted by molar-refractivity contribution is -0.0767. The van der Waals surface area contributed by atoms with Gasteiger partial charge in [0.05, 0.1) is 54.1 Å². The number of halogens is 3. The van der Waals surface area contributed by atoms with Crippen LogP contribution in [0.4, 0.5) is 24.8 Å². The van der Waals surface area contributed by atoms with Gasteiger partial charge in [-0.1, -0.05) is 0 Å². The fourth-order valence-electron chi connectivity index (χ4n) is 5.48. The first-order valence-corrected chi connectivity index (χ1v) is 12.8. The van der Waals surface area contributed by atoms with E-state index in [0.717, 1.165) is 40.4 Å². The minimum Gasteiger partial charge on any atom is -0.378 e. The largest absolute Gasteiger partial charge is 0.378 e. The highest BCUT2D eigenvalue weighted by molar-refractivity contribution is 5.88. The molecule has 196 valence electrons. The van der Waals surface area contributed by atoms with Crippen LogP contribution in [0.2, 0.25) is 0 Å². The van der Waals surface area contributed by atoms with Gasteiger partial charge < -0.3 is 10.1 Å². The van der Waals surface area contributed by atoms with Crippen LogP contribution in [0.1, 0.15) is 44.2 Å². The quantitative estimate of drug-likeness (QED) is 0.496. The maximum Gasteiger partial charge on any atom is 0.241 e. The zero-order valence-corrected chi connectivity index (χ0v) is 20.7. The Bertz CT molecular complexity index is 1310. The number of rotatable bonds is 7. The second-order valence-electron chi connectivity index (χ2n) is 10.2. The number of nitrogens with one attached hydrogen (secondary N) is 1. The molecule has 0 bridgehead atoms. The second-order valence-corrected chi connectivity index (χ2v) is 10.2. The Hall–Kier alpha value is -3.05. The zero-order chi connectivity index (χ0) is 25.5. The maximum atomic E-state index is 14.7. The molecule has 37 heavy (non-hydrogen) atoms. The molecule has 3 aromatic heterocycles. The minimum absolute atomic E-state index is 0.0856. The third-order valence-electron chi connectivity index (χ3n) is 7.58. The van der Waals surface area contributed by atoms with Gasteiger partial charge in [-0.2, -0.15) is 0 Å². The van der Waals surface area contributed by atoms with Crippen molar-refractivity contribution in [2.75, 3.05) is 31.6 Å². The van der Waals surface area contributed by atoms with Gasteiger partial charge in [-0.25, -0.2) is 22.7 Å². The summed E-state index contributed by atoms with van der Waals surface area (Å²) in [5, 5.41) is 7.75. The molecule has 3 aromatic rings. The molecule has 1 N–H and O–H groups in total. The van der Waals surface area contributed by atoms with Crippen molar-refractivity contribution in [3.8, 4) is 11.3 Å². The van der Waals surface area contributed by atoms with Crippen molar-refractivity contribution in [3.05, 3.63) is 36.3 Å². The van der Waals surface area contributed by atoms with E-state index in [9.17, 15) is 13.2 Å². The zero-order valence-electron chi connectivity index (χ0n) is 20.7. The molecule has 0 amide bonds. The summed E-state index contributed by atoms with van der Waals surface area (Å²) in [7, 11) is 0. The first kappa shape index (κ1) is 24.3. The van der Waals surface area contributed by atoms with E-state index in [-0.39, 0.29) is 12.3 Å². The number of pyridine rings is 1. The van der Waals surface area contributed by atoms with Crippen LogP contribution < -0.4 is 5.32 Å². The summed E-state index contributed by atoms with van der Waals surface area (Å²) in [6.07, 6.45) is 1.53. The van der Waals surface area contributed by atoms with Crippen molar-refractivity contribution in [2.45, 2.75) is 63.2 Å². The third kappa shape index (κ3) is 4.94. The van der Waals surface area contributed by atoms with Gasteiger partial charge in [0.15, 0.2) is 0 Å². The van der Waals surface area contributed by atoms with Gasteiger partial charge in [0.25, 0.3) is 0 Å². The molecule has 8 nitrogen and oxygen atoms in total. The number of ether oxygens (including phenoxy) is 1. The van der Waals surface area contributed by atoms with Crippen molar-refractivity contribution < 1.29 is 17.9 Å². The number of alkyl halides is 3. The first-order chi connectivity index (χ1) is 17.9. The van der Waals surface area contributed by atoms with Crippen LogP contribution >= 0.6 is 0 Å². The van der Waals surface area contributed by atoms with Crippen molar-refractivity contribution in [2.24, 2.45) is 4.99 Å². The minimum atomic E-state index is -2.34. The molecule has 11 heteroatoms. The highest BCUT2D eigenvalue weighted by atomic mass is 19.3. The summed E-state index contributed by atoms with van der Waals surface area (Å²) in [4.78, 5) is 16.2. The Balaban J connectivity index is 1.23. The van der Waals surface area contributed by atoms with E-state index in [0.29, 0.717) is 51.0 Å². The number of aliphatic imine (C=N–C) groups is 1. The number of likely N-dealkylation sites (tertiary alicyclic amines) is 1. The van der Waals surface area contributed by atoms with Crippen LogP contribution in [0.25, 0.3) is 16.8 Å². The molecule has 0 aliphatic carbocycles. The topological polar surface area (TPSA) is 79.9 Å². The van der Waals surface area contributed by atoms with E-state index in [1.165, 1.54) is 0 Å². The normalized spacial score (nSPS) is 24.7. The van der Waals surface area contributed by atoms with Crippen LogP contribution in [0.5, 0.6) is 0 Å². The Morgan fingerprint density at radius 3 is 2.86 bits per heavy atom. The van der Waals surface area contributed by atoms with Gasteiger partial charge in [0, 0.05) is 42.9 Å². The van der Waals surface area contributed by atoms with Gasteiger partial charge in [0.1, 0.15) is 6.17 Å². The van der Waals surface area contributed by atoms with Crippen LogP contribution in [0.3, 0.4) is 0 Å². The highest BCUT2D eigenvalue weighted by Crippen LogP contribution is 2.38. The molecule has 0 saturated carbocycles. The standard InChI is InChI=1S/C26H30F3N7O/c1-15-10-16(2-5-24(28)29)25-21(31-15)4-3-20(32-25)18-6-9-36-23(18)11-30-26(34-36)33-22-12-35(8-7-19(22)27)17-13-37-14-17/h3-4,6,9,11,16-17,19,22,24H,2,5,7-8,10,12-14H2,1H3,(H,33,34)/t16-,19-,22+/m1/s1. The lowest BCUT2D eigenvalue weighted by Crippen LogP contribution is -2.57. The molecule has 0 spiro atoms. The summed E-state index contributed by atoms with van der Waals surface area (Å²) in [5.74, 6) is 0.280. The summed E-state index contributed by atoms with van der Waals surface area (Å²) < 4.78 is 47.5. The Morgan fingerprint density at radius 1 is 1.22 bits per heavy atom. The second kappa shape index (κ2) is 10.0. The lowest BCUT2D eigenvalue weighted by atomic mass is 9.89. The molecule has 6 heterocycles. The van der Waals surface area contributed by atoms with Crippen LogP contribution in [0.15, 0.2) is 35.6 Å². The SMILES string of the molecule is CC1=Nc2ccc(-c3ccn4nc(N[C@H]5CN(C6COC6)CC[C@H]5F)ncc34)nc2[C@H](CCC(F)F)C1. The molecule has 0 unspecified atom stereocenters. The number of fused-ring (bicyclic) bond motifs is 2. The molecule has 3 aliphatic heterocycles. The fourth-order valence-corrected chi connectivity index (χ4v) is 5.48. The summed E-state index contributed by atoms with van der Waals surface area (Å²) in [6, 6.07) is 5.67. The maximum absolute atomic E-state index is 14.7. The van der Waals surface area contributed by atoms with Gasteiger partial charge in [0.2, 0.25) is 12.4 Å². The molecule has 3 atom stereocenters. The van der Waals surface area contributed by atoms with E-state index in [4.69, 9.17) is 9.72 Å². The predicted molar refractivity (Wildman–Crippen MR) is 135 cm³/mol. The van der Waals surface area contributed by atoms with Gasteiger partial charge in [-0.05, 0) is 44.4 Å². The average molecular weight is 514 g/mol. The Labute approximate surface area is 213 Å². The predicted octanol–water partition coefficient (Wildman–Crippen LogP) is 4.64. The first-order valence-electron chi connectivity index (χ1n) is 12.8. The van der Waals surface area contributed by atoms with Crippen LogP contribution in [-0.4, -0.2) is 81.2 Å². The van der Waals surface area contributed by atoms with Crippen molar-refractivity contribution in [1.29, 1.82) is 0 Å². The lowest BCUT2D eigenvalue weighted by Gasteiger charge is -2.43. The number of hydrogen-bond donors (Lipinski definition) is 1. The molecule has 2 saturated heterocycles. The fraction of sp³-hybridized carbons (Fsp3) is 0.538. The average Bonchev–Trinajstić information content (AvgIpc) is 3.26. The van der Waals surface area contributed by atoms with E-state index in [1.807, 2.05) is 31.3 Å². The van der Waals surface area contributed by atoms with E-state index in [2.05, 4.69) is 25.3 Å². The number of nitrogens with zero attached hydrogens (tertiary/aromatic N) is 6. The van der Waals surface area contributed by atoms with Crippen LogP contribution in [-0.2, 0) is 4.74 Å². The Morgan fingerprint density at radius 2 is 2.08 bits per heavy atom. The van der Waals surface area contributed by atoms with Gasteiger partial charge in [-0.15, -0.1) is 5.10 Å². The molecule has 6 rings (SSSR count). The van der Waals surface area contributed by atoms with Gasteiger partial charge >= 0.3 is 0 Å². The molecule has 2 fully saturated rings. The van der Waals surface area contributed by atoms with E-state index in [1.54, 1.807) is 10.7 Å². The van der Waals surface area contributed by atoms with Crippen LogP contribution in [0, 0.1) is 0 Å². The summed E-state index contributed by atoms with van der Waals surface area (Å²) >= 11 is 0. The van der Waals surface area contributed by atoms with Gasteiger partial charge in [-0.3, -0.25) is 14.9 Å². The van der Waals surface area contributed by atoms with E-state index < -0.39 is 18.6 Å². The van der Waals surface area contributed by atoms with Crippen molar-refractivity contribution >= 4 is 22.9 Å². The molecule has 0 aromatic carbocycles. The van der Waals surface area contributed by atoms with E-state index >= 15 is 0 Å². The summed E-state index contributed by atoms with van der Waals surface area (Å²) in [6.45, 7) is 4.65. The number of aromatic nitrogens is 4. The van der Waals surface area contributed by atoms with Crippen molar-refractivity contribution in [1.82, 2.24) is 24.5 Å². The third-order valence-corrected chi connectivity index (χ3v) is 7.58. The molecule has 3 aliphatic rings. The Kier molecular flexibility index (Phi) is 6.58. The number of piperidine rings is 1. The smallest absolute Gasteiger partial charge is 0.241 e. The molecular formula is C26H30F3N7O. The number of hydrogen-bond acceptors (Lipinski definition) is 7.